The second-order valence-electron chi connectivity index (χ2n) is 6.68. The number of rotatable bonds is 1. The SMILES string of the molecule is Cc1cc(C)c(N2c3ccc(C)cc3Oc3cc(C)oc32)c(C)c1. The van der Waals surface area contributed by atoms with Gasteiger partial charge in [-0.2, -0.15) is 0 Å². The van der Waals surface area contributed by atoms with Gasteiger partial charge in [0.25, 0.3) is 0 Å². The van der Waals surface area contributed by atoms with Crippen molar-refractivity contribution >= 4 is 17.3 Å². The Hall–Kier alpha value is -2.68. The highest BCUT2D eigenvalue weighted by Crippen LogP contribution is 2.53. The second kappa shape index (κ2) is 5.17. The standard InChI is InChI=1S/C21H21NO2/c1-12-6-7-17-18(10-12)24-19-11-16(5)23-21(19)22(17)20-14(3)8-13(2)9-15(20)4/h6-11H,1-5H3. The van der Waals surface area contributed by atoms with Crippen LogP contribution in [-0.4, -0.2) is 0 Å². The minimum absolute atomic E-state index is 0.749. The van der Waals surface area contributed by atoms with Crippen LogP contribution in [0.3, 0.4) is 0 Å². The molecule has 0 saturated carbocycles. The topological polar surface area (TPSA) is 25.6 Å². The maximum Gasteiger partial charge on any atom is 0.248 e. The van der Waals surface area contributed by atoms with Crippen LogP contribution in [0.2, 0.25) is 0 Å². The molecule has 1 aromatic heterocycles. The fourth-order valence-corrected chi connectivity index (χ4v) is 3.57. The van der Waals surface area contributed by atoms with Crippen molar-refractivity contribution in [2.24, 2.45) is 0 Å². The fourth-order valence-electron chi connectivity index (χ4n) is 3.57. The number of ether oxygens (including phenoxy) is 1. The van der Waals surface area contributed by atoms with Crippen LogP contribution in [-0.2, 0) is 0 Å². The Morgan fingerprint density at radius 1 is 0.750 bits per heavy atom. The largest absolute Gasteiger partial charge is 0.449 e. The molecule has 0 spiro atoms. The van der Waals surface area contributed by atoms with Crippen molar-refractivity contribution in [3.8, 4) is 11.5 Å². The van der Waals surface area contributed by atoms with Crippen molar-refractivity contribution in [2.75, 3.05) is 4.90 Å². The van der Waals surface area contributed by atoms with Crippen LogP contribution in [0.1, 0.15) is 28.0 Å². The van der Waals surface area contributed by atoms with Gasteiger partial charge >= 0.3 is 0 Å². The lowest BCUT2D eigenvalue weighted by Crippen LogP contribution is -2.17. The van der Waals surface area contributed by atoms with E-state index >= 15 is 0 Å². The minimum Gasteiger partial charge on any atom is -0.449 e. The van der Waals surface area contributed by atoms with Gasteiger partial charge < -0.3 is 9.15 Å². The molecule has 0 unspecified atom stereocenters. The lowest BCUT2D eigenvalue weighted by Gasteiger charge is -2.31. The first-order chi connectivity index (χ1) is 11.4. The summed E-state index contributed by atoms with van der Waals surface area (Å²) in [6, 6.07) is 12.7. The highest BCUT2D eigenvalue weighted by Gasteiger charge is 2.31. The van der Waals surface area contributed by atoms with Gasteiger partial charge in [-0.25, -0.2) is 0 Å². The lowest BCUT2D eigenvalue weighted by atomic mass is 10.0. The van der Waals surface area contributed by atoms with Gasteiger partial charge in [-0.3, -0.25) is 4.90 Å². The number of furan rings is 1. The zero-order valence-corrected chi connectivity index (χ0v) is 14.7. The Bertz CT molecular complexity index is 929. The Morgan fingerprint density at radius 3 is 2.17 bits per heavy atom. The van der Waals surface area contributed by atoms with Crippen molar-refractivity contribution < 1.29 is 9.15 Å². The number of fused-ring (bicyclic) bond motifs is 2. The van der Waals surface area contributed by atoms with E-state index in [1.54, 1.807) is 0 Å². The summed E-state index contributed by atoms with van der Waals surface area (Å²) in [4.78, 5) is 2.19. The van der Waals surface area contributed by atoms with E-state index in [4.69, 9.17) is 9.15 Å². The summed E-state index contributed by atoms with van der Waals surface area (Å²) < 4.78 is 12.1. The molecule has 122 valence electrons. The first-order valence-electron chi connectivity index (χ1n) is 8.21. The quantitative estimate of drug-likeness (QED) is 0.406. The molecule has 2 aromatic carbocycles. The highest BCUT2D eigenvalue weighted by atomic mass is 16.5. The molecule has 0 radical (unpaired) electrons. The van der Waals surface area contributed by atoms with Crippen LogP contribution >= 0.6 is 0 Å². The Balaban J connectivity index is 2.02. The molecule has 3 aromatic rings. The molecule has 0 fully saturated rings. The normalized spacial score (nSPS) is 12.6. The maximum atomic E-state index is 6.10. The van der Waals surface area contributed by atoms with Gasteiger partial charge in [0.05, 0.1) is 11.4 Å². The summed E-state index contributed by atoms with van der Waals surface area (Å²) in [7, 11) is 0. The molecule has 0 atom stereocenters. The predicted molar refractivity (Wildman–Crippen MR) is 97.2 cm³/mol. The van der Waals surface area contributed by atoms with E-state index in [2.05, 4.69) is 62.9 Å². The first-order valence-corrected chi connectivity index (χ1v) is 8.21. The molecule has 0 bridgehead atoms. The Labute approximate surface area is 142 Å². The number of anilines is 3. The van der Waals surface area contributed by atoms with Gasteiger partial charge in [-0.1, -0.05) is 23.8 Å². The zero-order chi connectivity index (χ0) is 17.0. The molecule has 24 heavy (non-hydrogen) atoms. The van der Waals surface area contributed by atoms with Crippen LogP contribution in [0.25, 0.3) is 0 Å². The van der Waals surface area contributed by atoms with E-state index in [1.165, 1.54) is 22.3 Å². The third-order valence-electron chi connectivity index (χ3n) is 4.44. The number of aryl methyl sites for hydroxylation is 5. The van der Waals surface area contributed by atoms with Crippen molar-refractivity contribution in [3.63, 3.8) is 0 Å². The third kappa shape index (κ3) is 2.20. The number of nitrogens with zero attached hydrogens (tertiary/aromatic N) is 1. The summed E-state index contributed by atoms with van der Waals surface area (Å²) in [5, 5.41) is 0. The van der Waals surface area contributed by atoms with Crippen LogP contribution in [0.4, 0.5) is 17.3 Å². The van der Waals surface area contributed by atoms with Gasteiger partial charge in [-0.05, 0) is 63.4 Å². The van der Waals surface area contributed by atoms with Crippen LogP contribution < -0.4 is 9.64 Å². The molecule has 1 aliphatic heterocycles. The van der Waals surface area contributed by atoms with Gasteiger partial charge in [0, 0.05) is 6.07 Å². The Morgan fingerprint density at radius 2 is 1.46 bits per heavy atom. The third-order valence-corrected chi connectivity index (χ3v) is 4.44. The molecule has 3 heteroatoms. The Kier molecular flexibility index (Phi) is 3.20. The van der Waals surface area contributed by atoms with Gasteiger partial charge in [0.15, 0.2) is 11.5 Å². The van der Waals surface area contributed by atoms with Crippen molar-refractivity contribution in [1.29, 1.82) is 0 Å². The van der Waals surface area contributed by atoms with Gasteiger partial charge in [0.1, 0.15) is 5.76 Å². The zero-order valence-electron chi connectivity index (χ0n) is 14.7. The molecule has 0 saturated heterocycles. The second-order valence-corrected chi connectivity index (χ2v) is 6.68. The van der Waals surface area contributed by atoms with Crippen LogP contribution in [0.5, 0.6) is 11.5 Å². The summed E-state index contributed by atoms with van der Waals surface area (Å²) in [6.45, 7) is 10.4. The van der Waals surface area contributed by atoms with Crippen LogP contribution in [0, 0.1) is 34.6 Å². The summed E-state index contributed by atoms with van der Waals surface area (Å²) in [6.07, 6.45) is 0. The molecule has 2 heterocycles. The van der Waals surface area contributed by atoms with Gasteiger partial charge in [-0.15, -0.1) is 0 Å². The monoisotopic (exact) mass is 319 g/mol. The fraction of sp³-hybridized carbons (Fsp3) is 0.238. The van der Waals surface area contributed by atoms with Crippen molar-refractivity contribution in [2.45, 2.75) is 34.6 Å². The van der Waals surface area contributed by atoms with E-state index in [9.17, 15) is 0 Å². The highest BCUT2D eigenvalue weighted by molar-refractivity contribution is 5.86. The molecule has 3 nitrogen and oxygen atoms in total. The first kappa shape index (κ1) is 14.9. The summed E-state index contributed by atoms with van der Waals surface area (Å²) in [5.41, 5.74) is 7.06. The van der Waals surface area contributed by atoms with Crippen molar-refractivity contribution in [3.05, 3.63) is 64.4 Å². The molecule has 4 rings (SSSR count). The van der Waals surface area contributed by atoms with Crippen LogP contribution in [0.15, 0.2) is 40.8 Å². The van der Waals surface area contributed by atoms with E-state index in [-0.39, 0.29) is 0 Å². The average Bonchev–Trinajstić information content (AvgIpc) is 2.85. The van der Waals surface area contributed by atoms with Crippen molar-refractivity contribution in [1.82, 2.24) is 0 Å². The minimum atomic E-state index is 0.749. The number of hydrogen-bond donors (Lipinski definition) is 0. The average molecular weight is 319 g/mol. The number of hydrogen-bond acceptors (Lipinski definition) is 3. The molecular weight excluding hydrogens is 298 g/mol. The van der Waals surface area contributed by atoms with E-state index in [1.807, 2.05) is 13.0 Å². The molecule has 0 aliphatic carbocycles. The maximum absolute atomic E-state index is 6.10. The van der Waals surface area contributed by atoms with E-state index < -0.39 is 0 Å². The number of benzene rings is 2. The predicted octanol–water partition coefficient (Wildman–Crippen LogP) is 6.40. The molecule has 0 amide bonds. The van der Waals surface area contributed by atoms with E-state index in [0.717, 1.165) is 34.5 Å². The smallest absolute Gasteiger partial charge is 0.248 e. The molecule has 0 N–H and O–H groups in total. The van der Waals surface area contributed by atoms with E-state index in [0.29, 0.717) is 0 Å². The molecule has 1 aliphatic rings. The lowest BCUT2D eigenvalue weighted by molar-refractivity contribution is 0.454. The summed E-state index contributed by atoms with van der Waals surface area (Å²) >= 11 is 0. The van der Waals surface area contributed by atoms with Gasteiger partial charge in [0.2, 0.25) is 5.88 Å². The summed E-state index contributed by atoms with van der Waals surface area (Å²) in [5.74, 6) is 3.23. The molecular formula is C21H21NO2.